The number of anilines is 1. The fourth-order valence-electron chi connectivity index (χ4n) is 3.83. The second-order valence-corrected chi connectivity index (χ2v) is 8.18. The summed E-state index contributed by atoms with van der Waals surface area (Å²) in [6.45, 7) is 6.15. The number of aliphatic hydroxyl groups excluding tert-OH is 2. The van der Waals surface area contributed by atoms with E-state index < -0.39 is 12.2 Å². The molecule has 0 unspecified atom stereocenters. The zero-order chi connectivity index (χ0) is 16.9. The third kappa shape index (κ3) is 2.60. The van der Waals surface area contributed by atoms with Crippen molar-refractivity contribution in [3.8, 4) is 0 Å². The minimum atomic E-state index is -0.758. The van der Waals surface area contributed by atoms with Crippen molar-refractivity contribution < 1.29 is 14.9 Å². The minimum absolute atomic E-state index is 0.224. The van der Waals surface area contributed by atoms with E-state index >= 15 is 0 Å². The van der Waals surface area contributed by atoms with Gasteiger partial charge >= 0.3 is 0 Å². The molecular weight excluding hydrogens is 326 g/mol. The van der Waals surface area contributed by atoms with Gasteiger partial charge in [-0.3, -0.25) is 0 Å². The van der Waals surface area contributed by atoms with Crippen LogP contribution in [-0.2, 0) is 4.74 Å². The van der Waals surface area contributed by atoms with Crippen molar-refractivity contribution in [3.63, 3.8) is 0 Å². The van der Waals surface area contributed by atoms with Crippen molar-refractivity contribution in [1.82, 2.24) is 9.97 Å². The summed E-state index contributed by atoms with van der Waals surface area (Å²) in [6.07, 6.45) is 2.39. The van der Waals surface area contributed by atoms with E-state index in [-0.39, 0.29) is 12.2 Å². The minimum Gasteiger partial charge on any atom is -0.390 e. The molecule has 0 amide bonds. The lowest BCUT2D eigenvalue weighted by atomic mass is 9.82. The molecular formula is C17H23N3O3S. The monoisotopic (exact) mass is 349 g/mol. The number of aromatic nitrogens is 2. The summed E-state index contributed by atoms with van der Waals surface area (Å²) in [5.74, 6) is 1.01. The van der Waals surface area contributed by atoms with E-state index in [1.54, 1.807) is 17.7 Å². The first-order valence-corrected chi connectivity index (χ1v) is 9.26. The predicted molar refractivity (Wildman–Crippen MR) is 93.6 cm³/mol. The van der Waals surface area contributed by atoms with E-state index in [0.717, 1.165) is 42.0 Å². The first kappa shape index (κ1) is 16.2. The van der Waals surface area contributed by atoms with Crippen LogP contribution in [0, 0.1) is 13.8 Å². The number of hydrogen-bond donors (Lipinski definition) is 2. The maximum absolute atomic E-state index is 10.00. The Morgan fingerprint density at radius 1 is 1.21 bits per heavy atom. The second-order valence-electron chi connectivity index (χ2n) is 6.98. The quantitative estimate of drug-likeness (QED) is 0.817. The largest absolute Gasteiger partial charge is 0.390 e. The van der Waals surface area contributed by atoms with E-state index in [2.05, 4.69) is 28.7 Å². The van der Waals surface area contributed by atoms with Crippen molar-refractivity contribution in [3.05, 3.63) is 16.8 Å². The first-order chi connectivity index (χ1) is 11.5. The molecule has 0 radical (unpaired) electrons. The molecule has 4 rings (SSSR count). The molecule has 2 N–H and O–H groups in total. The molecule has 0 aromatic carbocycles. The van der Waals surface area contributed by atoms with Gasteiger partial charge in [0, 0.05) is 24.4 Å². The average molecular weight is 349 g/mol. The maximum atomic E-state index is 10.00. The molecule has 2 aliphatic rings. The molecule has 2 aromatic rings. The number of rotatable bonds is 1. The van der Waals surface area contributed by atoms with Crippen LogP contribution in [0.15, 0.2) is 6.33 Å². The van der Waals surface area contributed by atoms with Gasteiger partial charge in [0.2, 0.25) is 0 Å². The van der Waals surface area contributed by atoms with Crippen LogP contribution in [0.2, 0.25) is 0 Å². The Morgan fingerprint density at radius 3 is 2.67 bits per heavy atom. The lowest BCUT2D eigenvalue weighted by Crippen LogP contribution is -2.54. The molecule has 0 saturated carbocycles. The highest BCUT2D eigenvalue weighted by atomic mass is 32.1. The molecule has 2 fully saturated rings. The third-order valence-electron chi connectivity index (χ3n) is 5.51. The van der Waals surface area contributed by atoms with E-state index in [9.17, 15) is 10.2 Å². The molecule has 7 heteroatoms. The van der Waals surface area contributed by atoms with Gasteiger partial charge in [-0.2, -0.15) is 0 Å². The molecule has 1 spiro atoms. The summed E-state index contributed by atoms with van der Waals surface area (Å²) in [4.78, 5) is 13.6. The van der Waals surface area contributed by atoms with Crippen LogP contribution >= 0.6 is 11.3 Å². The number of hydrogen-bond acceptors (Lipinski definition) is 7. The van der Waals surface area contributed by atoms with Gasteiger partial charge in [-0.05, 0) is 32.3 Å². The highest BCUT2D eigenvalue weighted by Gasteiger charge is 2.43. The number of aryl methyl sites for hydroxylation is 2. The van der Waals surface area contributed by atoms with Crippen LogP contribution in [0.25, 0.3) is 10.2 Å². The fourth-order valence-corrected chi connectivity index (χ4v) is 4.82. The average Bonchev–Trinajstić information content (AvgIpc) is 2.87. The highest BCUT2D eigenvalue weighted by molar-refractivity contribution is 7.18. The van der Waals surface area contributed by atoms with Crippen molar-refractivity contribution in [2.45, 2.75) is 50.9 Å². The van der Waals surface area contributed by atoms with Gasteiger partial charge in [0.1, 0.15) is 23.1 Å². The number of piperidine rings is 1. The van der Waals surface area contributed by atoms with Crippen LogP contribution in [0.1, 0.15) is 29.7 Å². The van der Waals surface area contributed by atoms with Crippen LogP contribution in [0.3, 0.4) is 0 Å². The molecule has 0 bridgehead atoms. The summed E-state index contributed by atoms with van der Waals surface area (Å²) in [7, 11) is 0. The zero-order valence-electron chi connectivity index (χ0n) is 14.0. The smallest absolute Gasteiger partial charge is 0.141 e. The number of ether oxygens (including phenoxy) is 1. The van der Waals surface area contributed by atoms with Gasteiger partial charge in [-0.25, -0.2) is 9.97 Å². The number of nitrogens with zero attached hydrogens (tertiary/aromatic N) is 3. The van der Waals surface area contributed by atoms with Gasteiger partial charge in [0.25, 0.3) is 0 Å². The van der Waals surface area contributed by atoms with Crippen LogP contribution in [0.4, 0.5) is 5.82 Å². The van der Waals surface area contributed by atoms with Gasteiger partial charge in [-0.15, -0.1) is 11.3 Å². The Labute approximate surface area is 145 Å². The number of aliphatic hydroxyl groups is 2. The SMILES string of the molecule is Cc1sc2ncnc(N3CCC4(CC3)C[C@@H](O)[C@@H](O)CO4)c2c1C. The van der Waals surface area contributed by atoms with Crippen molar-refractivity contribution in [2.24, 2.45) is 0 Å². The highest BCUT2D eigenvalue weighted by Crippen LogP contribution is 2.39. The molecule has 4 heterocycles. The van der Waals surface area contributed by atoms with Gasteiger partial charge in [0.05, 0.1) is 23.7 Å². The summed E-state index contributed by atoms with van der Waals surface area (Å²) in [5, 5.41) is 20.8. The topological polar surface area (TPSA) is 78.7 Å². The van der Waals surface area contributed by atoms with E-state index in [0.29, 0.717) is 6.42 Å². The Morgan fingerprint density at radius 2 is 1.96 bits per heavy atom. The Balaban J connectivity index is 1.57. The number of fused-ring (bicyclic) bond motifs is 1. The predicted octanol–water partition coefficient (Wildman–Crippen LogP) is 1.79. The van der Waals surface area contributed by atoms with Crippen LogP contribution in [-0.4, -0.2) is 57.7 Å². The first-order valence-electron chi connectivity index (χ1n) is 8.45. The van der Waals surface area contributed by atoms with Crippen molar-refractivity contribution >= 4 is 27.4 Å². The molecule has 2 atom stereocenters. The zero-order valence-corrected chi connectivity index (χ0v) is 14.8. The van der Waals surface area contributed by atoms with Crippen molar-refractivity contribution in [1.29, 1.82) is 0 Å². The Hall–Kier alpha value is -1.28. The van der Waals surface area contributed by atoms with Gasteiger partial charge in [0.15, 0.2) is 0 Å². The molecule has 24 heavy (non-hydrogen) atoms. The molecule has 2 aromatic heterocycles. The molecule has 2 aliphatic heterocycles. The van der Waals surface area contributed by atoms with Crippen LogP contribution in [0.5, 0.6) is 0 Å². The summed E-state index contributed by atoms with van der Waals surface area (Å²) in [6, 6.07) is 0. The van der Waals surface area contributed by atoms with Gasteiger partial charge < -0.3 is 19.8 Å². The molecule has 130 valence electrons. The van der Waals surface area contributed by atoms with E-state index in [1.807, 2.05) is 0 Å². The lowest BCUT2D eigenvalue weighted by Gasteiger charge is -2.46. The van der Waals surface area contributed by atoms with Crippen LogP contribution < -0.4 is 4.90 Å². The fraction of sp³-hybridized carbons (Fsp3) is 0.647. The standard InChI is InChI=1S/C17H23N3O3S/c1-10-11(2)24-16-14(10)15(18-9-19-16)20-5-3-17(4-6-20)7-12(21)13(22)8-23-17/h9,12-13,21-22H,3-8H2,1-2H3/t12-,13+/m1/s1. The molecule has 0 aliphatic carbocycles. The number of thiophene rings is 1. The van der Waals surface area contributed by atoms with E-state index in [1.165, 1.54) is 10.4 Å². The van der Waals surface area contributed by atoms with E-state index in [4.69, 9.17) is 4.74 Å². The molecule has 6 nitrogen and oxygen atoms in total. The van der Waals surface area contributed by atoms with Crippen molar-refractivity contribution in [2.75, 3.05) is 24.6 Å². The van der Waals surface area contributed by atoms with Gasteiger partial charge in [-0.1, -0.05) is 0 Å². The summed E-state index contributed by atoms with van der Waals surface area (Å²) >= 11 is 1.72. The lowest BCUT2D eigenvalue weighted by molar-refractivity contribution is -0.178. The Bertz CT molecular complexity index is 755. The Kier molecular flexibility index (Phi) is 3.99. The second kappa shape index (κ2) is 5.91. The summed E-state index contributed by atoms with van der Waals surface area (Å²) in [5.41, 5.74) is 0.958. The maximum Gasteiger partial charge on any atom is 0.141 e. The normalized spacial score (nSPS) is 27.1. The summed E-state index contributed by atoms with van der Waals surface area (Å²) < 4.78 is 5.92. The third-order valence-corrected chi connectivity index (χ3v) is 6.62. The molecule has 2 saturated heterocycles.